The zero-order valence-corrected chi connectivity index (χ0v) is 16.5. The second kappa shape index (κ2) is 10.1. The number of alkyl halides is 1. The van der Waals surface area contributed by atoms with E-state index in [1.54, 1.807) is 48.7 Å². The molecule has 154 valence electrons. The lowest BCUT2D eigenvalue weighted by Gasteiger charge is -2.21. The molecule has 0 unspecified atom stereocenters. The average Bonchev–Trinajstić information content (AvgIpc) is 2.70. The Kier molecular flexibility index (Phi) is 7.78. The molecule has 3 N–H and O–H groups in total. The number of halogens is 1. The van der Waals surface area contributed by atoms with E-state index in [9.17, 15) is 22.7 Å². The fourth-order valence-corrected chi connectivity index (χ4v) is 2.95. The molecule has 0 fully saturated rings. The zero-order valence-electron chi connectivity index (χ0n) is 15.7. The van der Waals surface area contributed by atoms with Crippen LogP contribution in [0, 0.1) is 11.3 Å². The Morgan fingerprint density at radius 2 is 1.90 bits per heavy atom. The van der Waals surface area contributed by atoms with Gasteiger partial charge in [-0.05, 0) is 17.2 Å². The van der Waals surface area contributed by atoms with E-state index in [4.69, 9.17) is 5.26 Å². The van der Waals surface area contributed by atoms with Crippen molar-refractivity contribution < 1.29 is 22.7 Å². The largest absolute Gasteiger partial charge is 0.386 e. The summed E-state index contributed by atoms with van der Waals surface area (Å²) in [5.41, 5.74) is 2.54. The number of carbonyl (C=O) groups excluding carboxylic acids is 1. The van der Waals surface area contributed by atoms with Crippen LogP contribution >= 0.6 is 0 Å². The maximum absolute atomic E-state index is 13.2. The highest BCUT2D eigenvalue weighted by atomic mass is 32.2. The van der Waals surface area contributed by atoms with Crippen molar-refractivity contribution in [3.63, 3.8) is 0 Å². The van der Waals surface area contributed by atoms with E-state index in [1.807, 2.05) is 0 Å². The number of aliphatic hydroxyl groups is 1. The van der Waals surface area contributed by atoms with Gasteiger partial charge in [-0.2, -0.15) is 5.26 Å². The molecular formula is C19H21FN4O4S. The van der Waals surface area contributed by atoms with E-state index in [-0.39, 0.29) is 6.54 Å². The number of aliphatic hydroxyl groups excluding tert-OH is 1. The second-order valence-electron chi connectivity index (χ2n) is 6.36. The summed E-state index contributed by atoms with van der Waals surface area (Å²) in [7, 11) is -3.30. The molecule has 29 heavy (non-hydrogen) atoms. The van der Waals surface area contributed by atoms with Crippen LogP contribution in [-0.2, 0) is 21.4 Å². The minimum absolute atomic E-state index is 0.0897. The van der Waals surface area contributed by atoms with Crippen LogP contribution < -0.4 is 10.0 Å². The predicted octanol–water partition coefficient (Wildman–Crippen LogP) is 1.20. The van der Waals surface area contributed by atoms with Gasteiger partial charge < -0.3 is 10.4 Å². The lowest BCUT2D eigenvalue weighted by atomic mass is 9.99. The highest BCUT2D eigenvalue weighted by molar-refractivity contribution is 7.88. The van der Waals surface area contributed by atoms with Crippen molar-refractivity contribution in [3.8, 4) is 17.2 Å². The van der Waals surface area contributed by atoms with Crippen LogP contribution in [0.25, 0.3) is 11.1 Å². The van der Waals surface area contributed by atoms with Crippen molar-refractivity contribution in [1.29, 1.82) is 5.26 Å². The average molecular weight is 420 g/mol. The number of rotatable bonds is 9. The van der Waals surface area contributed by atoms with Crippen LogP contribution in [-0.4, -0.2) is 43.4 Å². The smallest absolute Gasteiger partial charge is 0.234 e. The van der Waals surface area contributed by atoms with Gasteiger partial charge in [-0.15, -0.1) is 0 Å². The summed E-state index contributed by atoms with van der Waals surface area (Å²) < 4.78 is 37.8. The van der Waals surface area contributed by atoms with Crippen molar-refractivity contribution in [2.24, 2.45) is 0 Å². The highest BCUT2D eigenvalue weighted by Gasteiger charge is 2.22. The summed E-state index contributed by atoms with van der Waals surface area (Å²) in [6, 6.07) is 10.6. The first-order valence-corrected chi connectivity index (χ1v) is 10.5. The molecule has 1 heterocycles. The van der Waals surface area contributed by atoms with Crippen LogP contribution in [0.1, 0.15) is 23.8 Å². The van der Waals surface area contributed by atoms with E-state index in [2.05, 4.69) is 15.0 Å². The number of hydrogen-bond acceptors (Lipinski definition) is 6. The number of hydrogen-bond donors (Lipinski definition) is 3. The number of amides is 1. The Hall–Kier alpha value is -2.87. The van der Waals surface area contributed by atoms with Gasteiger partial charge in [0.2, 0.25) is 15.9 Å². The van der Waals surface area contributed by atoms with Crippen molar-refractivity contribution in [2.45, 2.75) is 25.1 Å². The van der Waals surface area contributed by atoms with E-state index in [0.717, 1.165) is 17.4 Å². The van der Waals surface area contributed by atoms with Crippen LogP contribution in [0.2, 0.25) is 0 Å². The second-order valence-corrected chi connectivity index (χ2v) is 8.19. The fraction of sp³-hybridized carbons (Fsp3) is 0.316. The molecule has 10 heteroatoms. The first-order valence-electron chi connectivity index (χ1n) is 8.63. The first-order chi connectivity index (χ1) is 13.7. The van der Waals surface area contributed by atoms with Crippen LogP contribution in [0.4, 0.5) is 4.39 Å². The lowest BCUT2D eigenvalue weighted by molar-refractivity contribution is -0.121. The van der Waals surface area contributed by atoms with Crippen molar-refractivity contribution in [1.82, 2.24) is 15.0 Å². The van der Waals surface area contributed by atoms with Gasteiger partial charge in [-0.1, -0.05) is 30.3 Å². The Morgan fingerprint density at radius 1 is 1.24 bits per heavy atom. The third-order valence-corrected chi connectivity index (χ3v) is 4.73. The topological polar surface area (TPSA) is 132 Å². The van der Waals surface area contributed by atoms with Gasteiger partial charge in [0.25, 0.3) is 0 Å². The van der Waals surface area contributed by atoms with Crippen LogP contribution in [0.15, 0.2) is 42.6 Å². The van der Waals surface area contributed by atoms with E-state index >= 15 is 0 Å². The van der Waals surface area contributed by atoms with Crippen molar-refractivity contribution >= 4 is 15.9 Å². The number of nitrogens with zero attached hydrogens (tertiary/aromatic N) is 2. The number of pyridine rings is 1. The molecule has 1 amide bonds. The standard InChI is InChI=1S/C19H21FN4O4S/c1-29(27,28)23-12-16-7-6-15(11-22-16)13-2-4-14(5-3-13)19(26)17(10-20)24-18(25)8-9-21/h2-7,11,17,19,23,26H,8,10,12H2,1H3,(H,24,25)/t17-,19+/m1/s1. The molecule has 0 saturated heterocycles. The van der Waals surface area contributed by atoms with Crippen LogP contribution in [0.3, 0.4) is 0 Å². The minimum atomic E-state index is -3.30. The SMILES string of the molecule is CS(=O)(=O)NCc1ccc(-c2ccc([C@H](O)[C@@H](CF)NC(=O)CC#N)cc2)cn1. The third kappa shape index (κ3) is 6.90. The number of aromatic nitrogens is 1. The summed E-state index contributed by atoms with van der Waals surface area (Å²) in [5.74, 6) is -0.651. The molecule has 0 spiro atoms. The molecule has 1 aromatic carbocycles. The molecule has 0 bridgehead atoms. The lowest BCUT2D eigenvalue weighted by Crippen LogP contribution is -2.40. The summed E-state index contributed by atoms with van der Waals surface area (Å²) in [6.07, 6.45) is 0.987. The van der Waals surface area contributed by atoms with Gasteiger partial charge in [-0.25, -0.2) is 17.5 Å². The Labute approximate surface area is 168 Å². The molecule has 2 rings (SSSR count). The molecule has 0 aliphatic carbocycles. The molecule has 0 aliphatic rings. The zero-order chi connectivity index (χ0) is 21.4. The minimum Gasteiger partial charge on any atom is -0.386 e. The van der Waals surface area contributed by atoms with Gasteiger partial charge in [-0.3, -0.25) is 9.78 Å². The molecule has 0 aliphatic heterocycles. The number of carbonyl (C=O) groups is 1. The molecule has 8 nitrogen and oxygen atoms in total. The molecule has 1 aromatic heterocycles. The first kappa shape index (κ1) is 22.4. The monoisotopic (exact) mass is 420 g/mol. The maximum atomic E-state index is 13.2. The van der Waals surface area contributed by atoms with Crippen LogP contribution in [0.5, 0.6) is 0 Å². The Morgan fingerprint density at radius 3 is 2.41 bits per heavy atom. The third-order valence-electron chi connectivity index (χ3n) is 4.06. The number of nitrogens with one attached hydrogen (secondary N) is 2. The summed E-state index contributed by atoms with van der Waals surface area (Å²) in [6.45, 7) is -0.890. The number of sulfonamides is 1. The van der Waals surface area contributed by atoms with Gasteiger partial charge in [0, 0.05) is 11.8 Å². The molecule has 2 atom stereocenters. The molecule has 2 aromatic rings. The van der Waals surface area contributed by atoms with Gasteiger partial charge in [0.05, 0.1) is 30.6 Å². The maximum Gasteiger partial charge on any atom is 0.234 e. The Bertz CT molecular complexity index is 973. The van der Waals surface area contributed by atoms with Crippen molar-refractivity contribution in [3.05, 3.63) is 53.9 Å². The van der Waals surface area contributed by atoms with E-state index < -0.39 is 41.2 Å². The normalized spacial score (nSPS) is 13.3. The molecule has 0 saturated carbocycles. The summed E-state index contributed by atoms with van der Waals surface area (Å²) in [5, 5.41) is 21.1. The molecule has 0 radical (unpaired) electrons. The van der Waals surface area contributed by atoms with Crippen molar-refractivity contribution in [2.75, 3.05) is 12.9 Å². The summed E-state index contributed by atoms with van der Waals surface area (Å²) >= 11 is 0. The Balaban J connectivity index is 2.07. The highest BCUT2D eigenvalue weighted by Crippen LogP contribution is 2.23. The van der Waals surface area contributed by atoms with E-state index in [1.165, 1.54) is 0 Å². The molecular weight excluding hydrogens is 399 g/mol. The predicted molar refractivity (Wildman–Crippen MR) is 104 cm³/mol. The number of nitriles is 1. The fourth-order valence-electron chi connectivity index (χ4n) is 2.54. The summed E-state index contributed by atoms with van der Waals surface area (Å²) in [4.78, 5) is 15.7. The van der Waals surface area contributed by atoms with E-state index in [0.29, 0.717) is 11.3 Å². The van der Waals surface area contributed by atoms with Gasteiger partial charge in [0.1, 0.15) is 19.2 Å². The number of benzene rings is 1. The quantitative estimate of drug-likeness (QED) is 0.558. The van der Waals surface area contributed by atoms with Gasteiger partial charge >= 0.3 is 0 Å². The van der Waals surface area contributed by atoms with Gasteiger partial charge in [0.15, 0.2) is 0 Å².